The first-order valence-electron chi connectivity index (χ1n) is 9.16. The van der Waals surface area contributed by atoms with E-state index in [1.807, 2.05) is 13.2 Å². The molecule has 25 heavy (non-hydrogen) atoms. The SMILES string of the molecule is COc1ccc2c3c1OC1C(=O)C[C@@H](C)[C@@]4(OC)[C@@H](C2)N(C)CC[C@]314. The lowest BCUT2D eigenvalue weighted by atomic mass is 9.46. The molecule has 5 rings (SSSR count). The van der Waals surface area contributed by atoms with Gasteiger partial charge in [0.05, 0.1) is 12.5 Å². The molecule has 0 N–H and O–H groups in total. The fourth-order valence-electron chi connectivity index (χ4n) is 6.58. The summed E-state index contributed by atoms with van der Waals surface area (Å²) in [5.41, 5.74) is 1.67. The zero-order valence-electron chi connectivity index (χ0n) is 15.3. The summed E-state index contributed by atoms with van der Waals surface area (Å²) in [4.78, 5) is 15.5. The van der Waals surface area contributed by atoms with Crippen molar-refractivity contribution in [3.05, 3.63) is 23.3 Å². The molecule has 5 nitrogen and oxygen atoms in total. The Kier molecular flexibility index (Phi) is 2.99. The number of carbonyl (C=O) groups is 1. The molecule has 1 aromatic rings. The van der Waals surface area contributed by atoms with Crippen LogP contribution in [0, 0.1) is 5.92 Å². The van der Waals surface area contributed by atoms with Crippen molar-refractivity contribution in [1.29, 1.82) is 0 Å². The highest BCUT2D eigenvalue weighted by atomic mass is 16.5. The Bertz CT molecular complexity index is 777. The van der Waals surface area contributed by atoms with Crippen LogP contribution in [0.15, 0.2) is 12.1 Å². The third-order valence-electron chi connectivity index (χ3n) is 7.42. The number of ketones is 1. The summed E-state index contributed by atoms with van der Waals surface area (Å²) in [6.45, 7) is 3.13. The molecule has 1 saturated carbocycles. The van der Waals surface area contributed by atoms with Gasteiger partial charge in [-0.15, -0.1) is 0 Å². The van der Waals surface area contributed by atoms with Gasteiger partial charge in [-0.25, -0.2) is 0 Å². The molecular formula is C20H25NO4. The van der Waals surface area contributed by atoms with Crippen molar-refractivity contribution in [2.24, 2.45) is 5.92 Å². The van der Waals surface area contributed by atoms with Gasteiger partial charge in [-0.2, -0.15) is 0 Å². The lowest BCUT2D eigenvalue weighted by molar-refractivity contribution is -0.219. The third-order valence-corrected chi connectivity index (χ3v) is 7.42. The molecule has 0 radical (unpaired) electrons. The zero-order chi connectivity index (χ0) is 17.6. The number of likely N-dealkylation sites (N-methyl/N-ethyl adjacent to an activating group) is 1. The van der Waals surface area contributed by atoms with E-state index in [0.29, 0.717) is 6.42 Å². The number of rotatable bonds is 2. The Hall–Kier alpha value is -1.59. The number of likely N-dealkylation sites (tertiary alicyclic amines) is 1. The number of piperidine rings is 1. The number of nitrogens with zero attached hydrogens (tertiary/aromatic N) is 1. The van der Waals surface area contributed by atoms with Gasteiger partial charge in [-0.1, -0.05) is 13.0 Å². The Labute approximate surface area is 148 Å². The molecule has 2 heterocycles. The fraction of sp³-hybridized carbons (Fsp3) is 0.650. The monoisotopic (exact) mass is 343 g/mol. The summed E-state index contributed by atoms with van der Waals surface area (Å²) in [6.07, 6.45) is 1.86. The minimum Gasteiger partial charge on any atom is -0.493 e. The molecule has 2 fully saturated rings. The third kappa shape index (κ3) is 1.48. The van der Waals surface area contributed by atoms with Gasteiger partial charge < -0.3 is 19.1 Å². The molecule has 4 aliphatic rings. The Morgan fingerprint density at radius 2 is 2.08 bits per heavy atom. The van der Waals surface area contributed by atoms with Crippen molar-refractivity contribution in [1.82, 2.24) is 4.90 Å². The normalized spacial score (nSPS) is 41.3. The molecule has 2 bridgehead atoms. The zero-order valence-corrected chi connectivity index (χ0v) is 15.3. The van der Waals surface area contributed by atoms with E-state index in [4.69, 9.17) is 14.2 Å². The summed E-state index contributed by atoms with van der Waals surface area (Å²) in [5, 5.41) is 0. The highest BCUT2D eigenvalue weighted by Gasteiger charge is 2.75. The van der Waals surface area contributed by atoms with E-state index in [9.17, 15) is 4.79 Å². The molecule has 5 atom stereocenters. The molecule has 0 aromatic heterocycles. The van der Waals surface area contributed by atoms with Crippen LogP contribution in [0.4, 0.5) is 0 Å². The number of benzene rings is 1. The van der Waals surface area contributed by atoms with Crippen LogP contribution in [0.1, 0.15) is 30.9 Å². The van der Waals surface area contributed by atoms with Gasteiger partial charge in [0.1, 0.15) is 5.60 Å². The average molecular weight is 343 g/mol. The molecule has 2 aliphatic carbocycles. The van der Waals surface area contributed by atoms with Crippen molar-refractivity contribution in [3.63, 3.8) is 0 Å². The smallest absolute Gasteiger partial charge is 0.174 e. The first-order valence-corrected chi connectivity index (χ1v) is 9.16. The van der Waals surface area contributed by atoms with E-state index >= 15 is 0 Å². The maximum absolute atomic E-state index is 13.0. The molecule has 1 unspecified atom stereocenters. The molecule has 1 saturated heterocycles. The first kappa shape index (κ1) is 15.6. The Morgan fingerprint density at radius 3 is 2.80 bits per heavy atom. The minimum atomic E-state index is -0.454. The van der Waals surface area contributed by atoms with E-state index in [0.717, 1.165) is 30.9 Å². The van der Waals surface area contributed by atoms with Crippen molar-refractivity contribution in [2.45, 2.75) is 49.3 Å². The highest BCUT2D eigenvalue weighted by molar-refractivity contribution is 5.90. The number of ether oxygens (including phenoxy) is 3. The van der Waals surface area contributed by atoms with Gasteiger partial charge in [0.15, 0.2) is 23.4 Å². The number of methoxy groups -OCH3 is 2. The van der Waals surface area contributed by atoms with Crippen LogP contribution < -0.4 is 9.47 Å². The minimum absolute atomic E-state index is 0.155. The van der Waals surface area contributed by atoms with Crippen LogP contribution in [0.5, 0.6) is 11.5 Å². The van der Waals surface area contributed by atoms with Crippen LogP contribution in [0.25, 0.3) is 0 Å². The van der Waals surface area contributed by atoms with Crippen molar-refractivity contribution >= 4 is 5.78 Å². The van der Waals surface area contributed by atoms with E-state index in [1.54, 1.807) is 7.11 Å². The van der Waals surface area contributed by atoms with Crippen LogP contribution in [-0.4, -0.2) is 56.2 Å². The molecule has 1 spiro atoms. The maximum atomic E-state index is 13.0. The Balaban J connectivity index is 1.88. The van der Waals surface area contributed by atoms with Crippen LogP contribution in [-0.2, 0) is 21.4 Å². The van der Waals surface area contributed by atoms with E-state index in [2.05, 4.69) is 24.9 Å². The predicted molar refractivity (Wildman–Crippen MR) is 92.4 cm³/mol. The van der Waals surface area contributed by atoms with E-state index < -0.39 is 17.1 Å². The summed E-state index contributed by atoms with van der Waals surface area (Å²) < 4.78 is 18.3. The molecule has 2 aliphatic heterocycles. The second kappa shape index (κ2) is 4.77. The fourth-order valence-corrected chi connectivity index (χ4v) is 6.58. The number of carbonyl (C=O) groups excluding carboxylic acids is 1. The van der Waals surface area contributed by atoms with Gasteiger partial charge in [-0.05, 0) is 44.0 Å². The van der Waals surface area contributed by atoms with Crippen LogP contribution >= 0.6 is 0 Å². The van der Waals surface area contributed by atoms with E-state index in [-0.39, 0.29) is 17.7 Å². The van der Waals surface area contributed by atoms with Gasteiger partial charge in [0.25, 0.3) is 0 Å². The van der Waals surface area contributed by atoms with Crippen molar-refractivity contribution in [2.75, 3.05) is 27.8 Å². The molecular weight excluding hydrogens is 318 g/mol. The van der Waals surface area contributed by atoms with Crippen molar-refractivity contribution < 1.29 is 19.0 Å². The summed E-state index contributed by atoms with van der Waals surface area (Å²) in [7, 11) is 5.66. The number of hydrogen-bond donors (Lipinski definition) is 0. The lowest BCUT2D eigenvalue weighted by Gasteiger charge is -2.65. The summed E-state index contributed by atoms with van der Waals surface area (Å²) in [6, 6.07) is 4.39. The van der Waals surface area contributed by atoms with Gasteiger partial charge in [-0.3, -0.25) is 4.79 Å². The lowest BCUT2D eigenvalue weighted by Crippen LogP contribution is -2.79. The molecule has 5 heteroatoms. The number of hydrogen-bond acceptors (Lipinski definition) is 5. The van der Waals surface area contributed by atoms with Crippen molar-refractivity contribution in [3.8, 4) is 11.5 Å². The second-order valence-corrected chi connectivity index (χ2v) is 8.12. The second-order valence-electron chi connectivity index (χ2n) is 8.12. The van der Waals surface area contributed by atoms with Gasteiger partial charge in [0, 0.05) is 25.1 Å². The molecule has 134 valence electrons. The maximum Gasteiger partial charge on any atom is 0.174 e. The summed E-state index contributed by atoms with van der Waals surface area (Å²) in [5.74, 6) is 1.86. The summed E-state index contributed by atoms with van der Waals surface area (Å²) >= 11 is 0. The van der Waals surface area contributed by atoms with Crippen LogP contribution in [0.3, 0.4) is 0 Å². The van der Waals surface area contributed by atoms with Crippen LogP contribution in [0.2, 0.25) is 0 Å². The van der Waals surface area contributed by atoms with Gasteiger partial charge >= 0.3 is 0 Å². The predicted octanol–water partition coefficient (Wildman–Crippen LogP) is 1.95. The average Bonchev–Trinajstić information content (AvgIpc) is 2.96. The Morgan fingerprint density at radius 1 is 1.28 bits per heavy atom. The standard InChI is InChI=1S/C20H25NO4/c1-11-9-13(22)18-19-7-8-21(2)15(20(11,19)24-4)10-12-5-6-14(23-3)17(25-18)16(12)19/h5-6,11,15,18H,7-10H2,1-4H3/t11-,15-,18?,19+,20-/m1/s1. The largest absolute Gasteiger partial charge is 0.493 e. The topological polar surface area (TPSA) is 48.0 Å². The van der Waals surface area contributed by atoms with Gasteiger partial charge in [0.2, 0.25) is 0 Å². The highest BCUT2D eigenvalue weighted by Crippen LogP contribution is 2.66. The quantitative estimate of drug-likeness (QED) is 0.821. The first-order chi connectivity index (χ1) is 12.0. The molecule has 0 amide bonds. The number of Topliss-reactive ketones (excluding diaryl/α,β-unsaturated/α-hetero) is 1. The molecule has 1 aromatic carbocycles. The van der Waals surface area contributed by atoms with E-state index in [1.165, 1.54) is 11.1 Å².